The van der Waals surface area contributed by atoms with Gasteiger partial charge in [-0.05, 0) is 91.0 Å². The van der Waals surface area contributed by atoms with Gasteiger partial charge in [0, 0.05) is 66.3 Å². The summed E-state index contributed by atoms with van der Waals surface area (Å²) in [4.78, 5) is 48.1. The van der Waals surface area contributed by atoms with Crippen LogP contribution in [0.3, 0.4) is 0 Å². The number of carbonyl (C=O) groups excluding carboxylic acids is 2. The zero-order chi connectivity index (χ0) is 33.7. The average molecular weight is 671 g/mol. The summed E-state index contributed by atoms with van der Waals surface area (Å²) in [6.45, 7) is 0. The van der Waals surface area contributed by atoms with Gasteiger partial charge in [0.1, 0.15) is 5.75 Å². The molecule has 236 valence electrons. The van der Waals surface area contributed by atoms with Crippen LogP contribution in [0, 0.1) is 20.2 Å². The van der Waals surface area contributed by atoms with E-state index in [1.54, 1.807) is 0 Å². The molecule has 2 unspecified atom stereocenters. The van der Waals surface area contributed by atoms with Crippen LogP contribution < -0.4 is 10.6 Å². The number of nitrogens with one attached hydrogen (secondary N) is 2. The van der Waals surface area contributed by atoms with Gasteiger partial charge in [-0.1, -0.05) is 0 Å². The van der Waals surface area contributed by atoms with Gasteiger partial charge >= 0.3 is 0 Å². The number of phenolic OH excluding ortho intramolecular Hbond substituents is 1. The Morgan fingerprint density at radius 3 is 1.13 bits per heavy atom. The van der Waals surface area contributed by atoms with Gasteiger partial charge in [0.25, 0.3) is 23.2 Å². The lowest BCUT2D eigenvalue weighted by molar-refractivity contribution is -0.385. The highest BCUT2D eigenvalue weighted by molar-refractivity contribution is 7.85. The first-order chi connectivity index (χ1) is 22.5. The van der Waals surface area contributed by atoms with Crippen LogP contribution in [0.15, 0.2) is 135 Å². The minimum Gasteiger partial charge on any atom is -0.508 e. The van der Waals surface area contributed by atoms with Crippen LogP contribution in [0.5, 0.6) is 5.75 Å². The number of rotatable bonds is 10. The maximum absolute atomic E-state index is 13.0. The molecule has 47 heavy (non-hydrogen) atoms. The van der Waals surface area contributed by atoms with Crippen LogP contribution in [0.2, 0.25) is 0 Å². The van der Waals surface area contributed by atoms with Gasteiger partial charge in [-0.2, -0.15) is 0 Å². The van der Waals surface area contributed by atoms with Crippen LogP contribution in [0.4, 0.5) is 22.7 Å². The maximum atomic E-state index is 13.0. The molecule has 5 rings (SSSR count). The minimum atomic E-state index is -1.62. The molecule has 0 aliphatic rings. The molecule has 0 aliphatic carbocycles. The molecule has 13 nitrogen and oxygen atoms in total. The summed E-state index contributed by atoms with van der Waals surface area (Å²) in [5.41, 5.74) is 0.426. The van der Waals surface area contributed by atoms with Crippen LogP contribution in [-0.2, 0) is 21.6 Å². The molecule has 0 saturated carbocycles. The number of amides is 2. The van der Waals surface area contributed by atoms with E-state index >= 15 is 0 Å². The van der Waals surface area contributed by atoms with E-state index in [1.165, 1.54) is 115 Å². The standard InChI is InChI=1S/C32H22N4O9S2/c37-26-18-20(31(38)33-22-1-9-27(10-2-22)46(44)29-13-5-24(6-14-29)35(40)41)17-21(19-26)32(39)34-23-3-11-28(12-4-23)47(45)30-15-7-25(8-16-30)36(42)43/h1-19,37H,(H,33,38)(H,34,39). The monoisotopic (exact) mass is 670 g/mol. The highest BCUT2D eigenvalue weighted by atomic mass is 32.2. The Morgan fingerprint density at radius 1 is 0.532 bits per heavy atom. The van der Waals surface area contributed by atoms with Gasteiger partial charge in [0.05, 0.1) is 31.4 Å². The summed E-state index contributed by atoms with van der Waals surface area (Å²) in [5, 5.41) is 37.2. The first-order valence-corrected chi connectivity index (χ1v) is 15.8. The third-order valence-electron chi connectivity index (χ3n) is 6.62. The number of hydrogen-bond donors (Lipinski definition) is 3. The summed E-state index contributed by atoms with van der Waals surface area (Å²) < 4.78 is 25.7. The number of nitro groups is 2. The quantitative estimate of drug-likeness (QED) is 0.117. The predicted octanol–water partition coefficient (Wildman–Crippen LogP) is 6.05. The van der Waals surface area contributed by atoms with Crippen LogP contribution >= 0.6 is 0 Å². The van der Waals surface area contributed by atoms with Crippen molar-refractivity contribution in [2.75, 3.05) is 10.6 Å². The zero-order valence-electron chi connectivity index (χ0n) is 23.9. The smallest absolute Gasteiger partial charge is 0.269 e. The molecular formula is C32H22N4O9S2. The number of aromatic hydroxyl groups is 1. The van der Waals surface area contributed by atoms with Crippen molar-refractivity contribution in [2.24, 2.45) is 0 Å². The van der Waals surface area contributed by atoms with Crippen molar-refractivity contribution in [1.82, 2.24) is 0 Å². The molecule has 0 heterocycles. The molecule has 3 N–H and O–H groups in total. The van der Waals surface area contributed by atoms with Crippen molar-refractivity contribution >= 4 is 56.2 Å². The molecule has 0 fully saturated rings. The molecule has 0 saturated heterocycles. The maximum Gasteiger partial charge on any atom is 0.269 e. The number of nitro benzene ring substituents is 2. The fraction of sp³-hybridized carbons (Fsp3) is 0. The Labute approximate surface area is 271 Å². The fourth-order valence-corrected chi connectivity index (χ4v) is 6.34. The van der Waals surface area contributed by atoms with Gasteiger partial charge < -0.3 is 15.7 Å². The molecule has 2 amide bonds. The van der Waals surface area contributed by atoms with Crippen molar-refractivity contribution in [2.45, 2.75) is 19.6 Å². The lowest BCUT2D eigenvalue weighted by atomic mass is 10.1. The lowest BCUT2D eigenvalue weighted by Crippen LogP contribution is -2.15. The van der Waals surface area contributed by atoms with Gasteiger partial charge in [-0.25, -0.2) is 8.42 Å². The van der Waals surface area contributed by atoms with E-state index in [1.807, 2.05) is 0 Å². The number of benzene rings is 5. The highest BCUT2D eigenvalue weighted by Gasteiger charge is 2.16. The van der Waals surface area contributed by atoms with E-state index in [2.05, 4.69) is 10.6 Å². The van der Waals surface area contributed by atoms with Gasteiger partial charge in [0.15, 0.2) is 0 Å². The first kappa shape index (κ1) is 32.3. The van der Waals surface area contributed by atoms with E-state index < -0.39 is 43.3 Å². The van der Waals surface area contributed by atoms with E-state index in [9.17, 15) is 43.3 Å². The van der Waals surface area contributed by atoms with Crippen molar-refractivity contribution in [3.05, 3.63) is 147 Å². The summed E-state index contributed by atoms with van der Waals surface area (Å²) in [6.07, 6.45) is 0. The van der Waals surface area contributed by atoms with E-state index in [0.29, 0.717) is 31.0 Å². The van der Waals surface area contributed by atoms with Crippen molar-refractivity contribution < 1.29 is 33.0 Å². The van der Waals surface area contributed by atoms with Crippen LogP contribution in [0.1, 0.15) is 20.7 Å². The molecule has 15 heteroatoms. The molecule has 0 bridgehead atoms. The number of non-ortho nitro benzene ring substituents is 2. The summed E-state index contributed by atoms with van der Waals surface area (Å²) in [5.74, 6) is -1.58. The normalized spacial score (nSPS) is 12.0. The van der Waals surface area contributed by atoms with Crippen molar-refractivity contribution in [1.29, 1.82) is 0 Å². The first-order valence-electron chi connectivity index (χ1n) is 13.5. The van der Waals surface area contributed by atoms with Crippen LogP contribution in [0.25, 0.3) is 0 Å². The molecule has 0 spiro atoms. The lowest BCUT2D eigenvalue weighted by Gasteiger charge is -2.10. The minimum absolute atomic E-state index is 0.0116. The second-order valence-corrected chi connectivity index (χ2v) is 12.7. The largest absolute Gasteiger partial charge is 0.508 e. The summed E-state index contributed by atoms with van der Waals surface area (Å²) >= 11 is 0. The Kier molecular flexibility index (Phi) is 9.58. The van der Waals surface area contributed by atoms with E-state index in [4.69, 9.17) is 0 Å². The molecular weight excluding hydrogens is 649 g/mol. The third kappa shape index (κ3) is 7.78. The van der Waals surface area contributed by atoms with E-state index in [-0.39, 0.29) is 28.3 Å². The van der Waals surface area contributed by atoms with Crippen molar-refractivity contribution in [3.8, 4) is 5.75 Å². The third-order valence-corrected chi connectivity index (χ3v) is 9.42. The average Bonchev–Trinajstić information content (AvgIpc) is 3.08. The van der Waals surface area contributed by atoms with Gasteiger partial charge in [0.2, 0.25) is 0 Å². The number of nitrogens with zero attached hydrogens (tertiary/aromatic N) is 2. The zero-order valence-corrected chi connectivity index (χ0v) is 25.5. The molecule has 0 aromatic heterocycles. The predicted molar refractivity (Wildman–Crippen MR) is 172 cm³/mol. The Morgan fingerprint density at radius 2 is 0.830 bits per heavy atom. The Hall–Kier alpha value is -6.06. The topological polar surface area (TPSA) is 199 Å². The summed E-state index contributed by atoms with van der Waals surface area (Å²) in [7, 11) is -3.23. The SMILES string of the molecule is O=C(Nc1ccc(S(=O)c2ccc([N+](=O)[O-])cc2)cc1)c1cc(O)cc(C(=O)Nc2ccc(S(=O)c3ccc([N+](=O)[O-])cc3)cc2)c1. The number of hydrogen-bond acceptors (Lipinski definition) is 9. The molecule has 2 atom stereocenters. The molecule has 0 radical (unpaired) electrons. The van der Waals surface area contributed by atoms with Crippen LogP contribution in [-0.4, -0.2) is 35.2 Å². The fourth-order valence-electron chi connectivity index (χ4n) is 4.26. The molecule has 5 aromatic rings. The van der Waals surface area contributed by atoms with Gasteiger partial charge in [-0.3, -0.25) is 29.8 Å². The molecule has 0 aliphatic heterocycles. The Bertz CT molecular complexity index is 1910. The number of phenols is 1. The Balaban J connectivity index is 1.22. The highest BCUT2D eigenvalue weighted by Crippen LogP contribution is 2.24. The van der Waals surface area contributed by atoms with Crippen molar-refractivity contribution in [3.63, 3.8) is 0 Å². The van der Waals surface area contributed by atoms with E-state index in [0.717, 1.165) is 0 Å². The second-order valence-electron chi connectivity index (χ2n) is 9.77. The number of anilines is 2. The number of carbonyl (C=O) groups is 2. The molecule has 5 aromatic carbocycles. The second kappa shape index (κ2) is 13.9. The summed E-state index contributed by atoms with van der Waals surface area (Å²) in [6, 6.07) is 26.5. The van der Waals surface area contributed by atoms with Gasteiger partial charge in [-0.15, -0.1) is 0 Å².